The maximum Gasteiger partial charge on any atom is 0.271 e. The molecular weight excluding hydrogens is 348 g/mol. The Balaban J connectivity index is 1.46. The monoisotopic (exact) mass is 380 g/mol. The quantitative estimate of drug-likeness (QED) is 0.853. The Kier molecular flexibility index (Phi) is 5.81. The van der Waals surface area contributed by atoms with E-state index in [9.17, 15) is 4.79 Å². The van der Waals surface area contributed by atoms with Crippen LogP contribution in [0.1, 0.15) is 68.1 Å². The summed E-state index contributed by atoms with van der Waals surface area (Å²) in [5, 5.41) is 7.83. The zero-order valence-electron chi connectivity index (χ0n) is 17.1. The number of rotatable bonds is 5. The van der Waals surface area contributed by atoms with Crippen molar-refractivity contribution in [2.24, 2.45) is 5.92 Å². The number of amides is 1. The van der Waals surface area contributed by atoms with Crippen LogP contribution in [-0.4, -0.2) is 46.3 Å². The molecule has 2 atom stereocenters. The van der Waals surface area contributed by atoms with Gasteiger partial charge >= 0.3 is 0 Å². The van der Waals surface area contributed by atoms with Gasteiger partial charge in [0.05, 0.1) is 5.69 Å². The summed E-state index contributed by atoms with van der Waals surface area (Å²) in [6.07, 6.45) is 6.39. The van der Waals surface area contributed by atoms with Gasteiger partial charge in [0.15, 0.2) is 5.69 Å². The van der Waals surface area contributed by atoms with Gasteiger partial charge in [0.1, 0.15) is 0 Å². The maximum atomic E-state index is 12.9. The lowest BCUT2D eigenvalue weighted by molar-refractivity contribution is 0.0575. The van der Waals surface area contributed by atoms with Crippen LogP contribution in [0.5, 0.6) is 0 Å². The molecule has 150 valence electrons. The zero-order valence-corrected chi connectivity index (χ0v) is 17.1. The second kappa shape index (κ2) is 8.48. The van der Waals surface area contributed by atoms with Crippen molar-refractivity contribution in [1.82, 2.24) is 20.0 Å². The third kappa shape index (κ3) is 4.00. The molecule has 1 aromatic carbocycles. The molecule has 2 saturated heterocycles. The highest BCUT2D eigenvalue weighted by Gasteiger charge is 2.33. The third-order valence-corrected chi connectivity index (χ3v) is 6.32. The van der Waals surface area contributed by atoms with Gasteiger partial charge in [0.2, 0.25) is 0 Å². The van der Waals surface area contributed by atoms with Crippen LogP contribution in [0.3, 0.4) is 0 Å². The molecule has 0 aliphatic carbocycles. The van der Waals surface area contributed by atoms with Crippen LogP contribution in [0.25, 0.3) is 5.69 Å². The number of benzene rings is 1. The second-order valence-electron chi connectivity index (χ2n) is 8.57. The average Bonchev–Trinajstić information content (AvgIpc) is 3.18. The minimum Gasteiger partial charge on any atom is -0.350 e. The van der Waals surface area contributed by atoms with E-state index < -0.39 is 0 Å². The van der Waals surface area contributed by atoms with E-state index in [0.717, 1.165) is 17.9 Å². The molecule has 3 heterocycles. The highest BCUT2D eigenvalue weighted by atomic mass is 16.1. The Labute approximate surface area is 168 Å². The molecule has 0 saturated carbocycles. The van der Waals surface area contributed by atoms with Crippen LogP contribution in [0.2, 0.25) is 0 Å². The average molecular weight is 381 g/mol. The lowest BCUT2D eigenvalue weighted by Crippen LogP contribution is -2.51. The number of hydrogen-bond acceptors (Lipinski definition) is 3. The summed E-state index contributed by atoms with van der Waals surface area (Å²) in [5.41, 5.74) is 2.58. The van der Waals surface area contributed by atoms with Crippen molar-refractivity contribution >= 4 is 5.91 Å². The lowest BCUT2D eigenvalue weighted by Gasteiger charge is -2.44. The van der Waals surface area contributed by atoms with Crippen molar-refractivity contribution in [3.05, 3.63) is 47.8 Å². The molecule has 28 heavy (non-hydrogen) atoms. The van der Waals surface area contributed by atoms with Crippen molar-refractivity contribution in [3.63, 3.8) is 0 Å². The topological polar surface area (TPSA) is 50.2 Å². The minimum absolute atomic E-state index is 0.0514. The number of hydrogen-bond donors (Lipinski definition) is 1. The van der Waals surface area contributed by atoms with Crippen molar-refractivity contribution in [1.29, 1.82) is 0 Å². The van der Waals surface area contributed by atoms with Gasteiger partial charge in [-0.25, -0.2) is 4.68 Å². The molecule has 2 aromatic rings. The van der Waals surface area contributed by atoms with Gasteiger partial charge in [0.25, 0.3) is 5.91 Å². The van der Waals surface area contributed by atoms with Gasteiger partial charge in [-0.2, -0.15) is 5.10 Å². The molecule has 2 aliphatic heterocycles. The smallest absolute Gasteiger partial charge is 0.271 e. The Bertz CT molecular complexity index is 796. The highest BCUT2D eigenvalue weighted by Crippen LogP contribution is 2.30. The van der Waals surface area contributed by atoms with E-state index in [2.05, 4.69) is 29.2 Å². The van der Waals surface area contributed by atoms with E-state index in [0.29, 0.717) is 23.6 Å². The van der Waals surface area contributed by atoms with Crippen LogP contribution in [0, 0.1) is 5.92 Å². The fourth-order valence-corrected chi connectivity index (χ4v) is 4.82. The maximum absolute atomic E-state index is 12.9. The summed E-state index contributed by atoms with van der Waals surface area (Å²) in [5.74, 6) is 0.812. The van der Waals surface area contributed by atoms with E-state index in [1.807, 2.05) is 41.1 Å². The highest BCUT2D eigenvalue weighted by molar-refractivity contribution is 5.92. The van der Waals surface area contributed by atoms with Gasteiger partial charge in [-0.05, 0) is 68.8 Å². The number of nitrogens with zero attached hydrogens (tertiary/aromatic N) is 3. The Hall–Kier alpha value is -2.14. The zero-order chi connectivity index (χ0) is 19.5. The fourth-order valence-electron chi connectivity index (χ4n) is 4.82. The van der Waals surface area contributed by atoms with Crippen molar-refractivity contribution in [2.45, 2.75) is 57.9 Å². The second-order valence-corrected chi connectivity index (χ2v) is 8.57. The summed E-state index contributed by atoms with van der Waals surface area (Å²) in [6.45, 7) is 7.49. The number of carbonyl (C=O) groups excluding carboxylic acids is 1. The number of piperidine rings is 2. The van der Waals surface area contributed by atoms with E-state index in [1.165, 1.54) is 45.2 Å². The van der Waals surface area contributed by atoms with Gasteiger partial charge in [0, 0.05) is 18.3 Å². The normalized spacial score (nSPS) is 22.8. The minimum atomic E-state index is -0.0514. The molecule has 5 nitrogen and oxygen atoms in total. The molecule has 0 unspecified atom stereocenters. The van der Waals surface area contributed by atoms with E-state index in [1.54, 1.807) is 0 Å². The number of aromatic nitrogens is 2. The van der Waals surface area contributed by atoms with Crippen LogP contribution >= 0.6 is 0 Å². The Morgan fingerprint density at radius 2 is 1.93 bits per heavy atom. The molecule has 1 N–H and O–H groups in total. The first kappa shape index (κ1) is 19.2. The predicted octanol–water partition coefficient (Wildman–Crippen LogP) is 3.99. The van der Waals surface area contributed by atoms with Crippen molar-refractivity contribution < 1.29 is 4.79 Å². The molecule has 0 bridgehead atoms. The fraction of sp³-hybridized carbons (Fsp3) is 0.565. The van der Waals surface area contributed by atoms with Gasteiger partial charge < -0.3 is 10.2 Å². The SMILES string of the molecule is CC(C)c1cc(C(=O)NC[C@H]2CCCN3CCCC[C@H]23)nn1-c1ccccc1. The Morgan fingerprint density at radius 3 is 2.71 bits per heavy atom. The predicted molar refractivity (Wildman–Crippen MR) is 112 cm³/mol. The van der Waals surface area contributed by atoms with E-state index in [4.69, 9.17) is 0 Å². The number of nitrogens with one attached hydrogen (secondary N) is 1. The summed E-state index contributed by atoms with van der Waals surface area (Å²) >= 11 is 0. The van der Waals surface area contributed by atoms with Gasteiger partial charge in [-0.3, -0.25) is 4.79 Å². The molecule has 2 aliphatic rings. The van der Waals surface area contributed by atoms with Crippen LogP contribution in [0.4, 0.5) is 0 Å². The number of fused-ring (bicyclic) bond motifs is 1. The molecule has 2 fully saturated rings. The van der Waals surface area contributed by atoms with E-state index in [-0.39, 0.29) is 5.91 Å². The van der Waals surface area contributed by atoms with Crippen LogP contribution in [-0.2, 0) is 0 Å². The molecule has 5 heteroatoms. The standard InChI is InChI=1S/C23H32N4O/c1-17(2)22-15-20(25-27(22)19-10-4-3-5-11-19)23(28)24-16-18-9-8-14-26-13-7-6-12-21(18)26/h3-5,10-11,15,17-18,21H,6-9,12-14,16H2,1-2H3,(H,24,28)/t18-,21-/m1/s1. The number of para-hydroxylation sites is 1. The summed E-state index contributed by atoms with van der Waals surface area (Å²) in [6, 6.07) is 12.6. The first-order valence-corrected chi connectivity index (χ1v) is 10.8. The molecular formula is C23H32N4O. The largest absolute Gasteiger partial charge is 0.350 e. The number of carbonyl (C=O) groups is 1. The summed E-state index contributed by atoms with van der Waals surface area (Å²) in [7, 11) is 0. The summed E-state index contributed by atoms with van der Waals surface area (Å²) < 4.78 is 1.91. The molecule has 1 aromatic heterocycles. The molecule has 1 amide bonds. The lowest BCUT2D eigenvalue weighted by atomic mass is 9.83. The van der Waals surface area contributed by atoms with Crippen LogP contribution in [0.15, 0.2) is 36.4 Å². The van der Waals surface area contributed by atoms with Crippen molar-refractivity contribution in [2.75, 3.05) is 19.6 Å². The first-order valence-electron chi connectivity index (χ1n) is 10.8. The molecule has 4 rings (SSSR count). The third-order valence-electron chi connectivity index (χ3n) is 6.32. The molecule has 0 radical (unpaired) electrons. The van der Waals surface area contributed by atoms with Gasteiger partial charge in [-0.15, -0.1) is 0 Å². The van der Waals surface area contributed by atoms with Crippen molar-refractivity contribution in [3.8, 4) is 5.69 Å². The molecule has 0 spiro atoms. The van der Waals surface area contributed by atoms with Crippen LogP contribution < -0.4 is 5.32 Å². The van der Waals surface area contributed by atoms with E-state index >= 15 is 0 Å². The summed E-state index contributed by atoms with van der Waals surface area (Å²) in [4.78, 5) is 15.5. The Morgan fingerprint density at radius 1 is 1.14 bits per heavy atom. The first-order chi connectivity index (χ1) is 13.6. The van der Waals surface area contributed by atoms with Gasteiger partial charge in [-0.1, -0.05) is 38.5 Å².